The van der Waals surface area contributed by atoms with E-state index in [4.69, 9.17) is 5.73 Å². The van der Waals surface area contributed by atoms with Gasteiger partial charge in [0.25, 0.3) is 5.69 Å². The summed E-state index contributed by atoms with van der Waals surface area (Å²) in [6, 6.07) is 2.38. The molecule has 0 saturated carbocycles. The quantitative estimate of drug-likeness (QED) is 0.506. The molecule has 8 heteroatoms. The molecule has 18 heavy (non-hydrogen) atoms. The second-order valence-electron chi connectivity index (χ2n) is 3.82. The molecule has 1 atom stereocenters. The summed E-state index contributed by atoms with van der Waals surface area (Å²) < 4.78 is 0. The van der Waals surface area contributed by atoms with Crippen molar-refractivity contribution in [3.8, 4) is 0 Å². The molecule has 0 saturated heterocycles. The molecule has 0 fully saturated rings. The van der Waals surface area contributed by atoms with Gasteiger partial charge in [0.15, 0.2) is 0 Å². The van der Waals surface area contributed by atoms with Crippen LogP contribution in [0, 0.1) is 10.1 Å². The lowest BCUT2D eigenvalue weighted by molar-refractivity contribution is -0.384. The zero-order valence-electron chi connectivity index (χ0n) is 10.1. The zero-order valence-corrected chi connectivity index (χ0v) is 10.1. The average Bonchev–Trinajstić information content (AvgIpc) is 2.27. The van der Waals surface area contributed by atoms with E-state index in [-0.39, 0.29) is 18.2 Å². The molecule has 1 aromatic heterocycles. The summed E-state index contributed by atoms with van der Waals surface area (Å²) in [6.07, 6.45) is 0.124. The second kappa shape index (κ2) is 5.80. The number of nitrogens with two attached hydrogens (primary N) is 1. The molecule has 0 aliphatic rings. The summed E-state index contributed by atoms with van der Waals surface area (Å²) in [6.45, 7) is 1.74. The fraction of sp³-hybridized carbons (Fsp3) is 0.400. The van der Waals surface area contributed by atoms with Gasteiger partial charge in [0, 0.05) is 19.5 Å². The molecular weight excluding hydrogens is 238 g/mol. The third-order valence-corrected chi connectivity index (χ3v) is 2.18. The molecule has 1 rings (SSSR count). The molecule has 1 aromatic rings. The van der Waals surface area contributed by atoms with Gasteiger partial charge in [-0.2, -0.15) is 0 Å². The van der Waals surface area contributed by atoms with E-state index in [9.17, 15) is 14.9 Å². The van der Waals surface area contributed by atoms with Crippen LogP contribution in [0.25, 0.3) is 0 Å². The van der Waals surface area contributed by atoms with Crippen molar-refractivity contribution in [1.82, 2.24) is 4.98 Å². The number of hydrogen-bond donors (Lipinski definition) is 3. The van der Waals surface area contributed by atoms with Crippen molar-refractivity contribution in [1.29, 1.82) is 0 Å². The maximum absolute atomic E-state index is 10.7. The van der Waals surface area contributed by atoms with Crippen LogP contribution in [0.1, 0.15) is 13.3 Å². The van der Waals surface area contributed by atoms with E-state index in [1.807, 2.05) is 0 Å². The lowest BCUT2D eigenvalue weighted by atomic mass is 10.2. The maximum Gasteiger partial charge on any atom is 0.276 e. The van der Waals surface area contributed by atoms with Crippen LogP contribution in [-0.2, 0) is 4.79 Å². The van der Waals surface area contributed by atoms with Crippen LogP contribution >= 0.6 is 0 Å². The number of rotatable bonds is 6. The minimum Gasteiger partial charge on any atom is -0.373 e. The third kappa shape index (κ3) is 3.89. The van der Waals surface area contributed by atoms with Crippen molar-refractivity contribution in [2.24, 2.45) is 5.73 Å². The van der Waals surface area contributed by atoms with Crippen LogP contribution in [0.3, 0.4) is 0 Å². The Hall–Kier alpha value is -2.38. The van der Waals surface area contributed by atoms with Crippen molar-refractivity contribution in [2.45, 2.75) is 19.4 Å². The smallest absolute Gasteiger partial charge is 0.276 e. The molecule has 0 aliphatic carbocycles. The number of carbonyl (C=O) groups excluding carboxylic acids is 1. The standard InChI is InChI=1S/C10H15N5O3/c1-6(3-8(11)16)13-10-5-7(15(17)18)4-9(12-2)14-10/h4-6H,3H2,1-2H3,(H2,11,16)(H2,12,13,14). The molecule has 1 amide bonds. The number of nitrogens with one attached hydrogen (secondary N) is 2. The molecule has 0 bridgehead atoms. The van der Waals surface area contributed by atoms with Crippen molar-refractivity contribution < 1.29 is 9.72 Å². The number of aromatic nitrogens is 1. The van der Waals surface area contributed by atoms with Crippen molar-refractivity contribution in [3.05, 3.63) is 22.2 Å². The van der Waals surface area contributed by atoms with E-state index in [0.717, 1.165) is 0 Å². The SMILES string of the molecule is CNc1cc([N+](=O)[O-])cc(NC(C)CC(N)=O)n1. The fourth-order valence-corrected chi connectivity index (χ4v) is 1.43. The van der Waals surface area contributed by atoms with Crippen LogP contribution in [0.5, 0.6) is 0 Å². The Kier molecular flexibility index (Phi) is 4.41. The molecule has 0 radical (unpaired) electrons. The molecule has 8 nitrogen and oxygen atoms in total. The van der Waals surface area contributed by atoms with Crippen molar-refractivity contribution in [2.75, 3.05) is 17.7 Å². The summed E-state index contributed by atoms with van der Waals surface area (Å²) in [5.74, 6) is 0.245. The summed E-state index contributed by atoms with van der Waals surface area (Å²) in [5, 5.41) is 16.3. The predicted octanol–water partition coefficient (Wildman–Crippen LogP) is 0.707. The molecule has 4 N–H and O–H groups in total. The van der Waals surface area contributed by atoms with Gasteiger partial charge in [-0.15, -0.1) is 0 Å². The average molecular weight is 253 g/mol. The van der Waals surface area contributed by atoms with Gasteiger partial charge in [-0.1, -0.05) is 0 Å². The van der Waals surface area contributed by atoms with E-state index in [2.05, 4.69) is 15.6 Å². The molecular formula is C10H15N5O3. The number of amides is 1. The largest absolute Gasteiger partial charge is 0.373 e. The third-order valence-electron chi connectivity index (χ3n) is 2.18. The number of primary amides is 1. The first-order valence-electron chi connectivity index (χ1n) is 5.31. The molecule has 0 aliphatic heterocycles. The lowest BCUT2D eigenvalue weighted by Crippen LogP contribution is -2.24. The van der Waals surface area contributed by atoms with Gasteiger partial charge in [0.05, 0.1) is 17.1 Å². The Bertz CT molecular complexity index is 463. The number of anilines is 2. The van der Waals surface area contributed by atoms with E-state index in [1.54, 1.807) is 14.0 Å². The van der Waals surface area contributed by atoms with Gasteiger partial charge < -0.3 is 16.4 Å². The molecule has 0 spiro atoms. The van der Waals surface area contributed by atoms with Gasteiger partial charge in [-0.25, -0.2) is 4.98 Å². The van der Waals surface area contributed by atoms with E-state index in [0.29, 0.717) is 11.6 Å². The second-order valence-corrected chi connectivity index (χ2v) is 3.82. The maximum atomic E-state index is 10.7. The first-order chi connectivity index (χ1) is 8.42. The molecule has 1 unspecified atom stereocenters. The first kappa shape index (κ1) is 13.7. The van der Waals surface area contributed by atoms with Gasteiger partial charge in [-0.3, -0.25) is 14.9 Å². The number of nitro groups is 1. The Morgan fingerprint density at radius 3 is 2.67 bits per heavy atom. The van der Waals surface area contributed by atoms with E-state index < -0.39 is 10.8 Å². The van der Waals surface area contributed by atoms with Crippen molar-refractivity contribution in [3.63, 3.8) is 0 Å². The Morgan fingerprint density at radius 1 is 1.56 bits per heavy atom. The van der Waals surface area contributed by atoms with Gasteiger partial charge in [0.1, 0.15) is 11.6 Å². The van der Waals surface area contributed by atoms with Crippen LogP contribution in [0.15, 0.2) is 12.1 Å². The summed E-state index contributed by atoms with van der Waals surface area (Å²) >= 11 is 0. The highest BCUT2D eigenvalue weighted by atomic mass is 16.6. The van der Waals surface area contributed by atoms with Gasteiger partial charge in [-0.05, 0) is 6.92 Å². The van der Waals surface area contributed by atoms with Gasteiger partial charge in [0.2, 0.25) is 5.91 Å². The molecule has 1 heterocycles. The van der Waals surface area contributed by atoms with Crippen molar-refractivity contribution >= 4 is 23.2 Å². The summed E-state index contributed by atoms with van der Waals surface area (Å²) in [7, 11) is 1.61. The normalized spacial score (nSPS) is 11.7. The first-order valence-corrected chi connectivity index (χ1v) is 5.31. The zero-order chi connectivity index (χ0) is 13.7. The number of hydrogen-bond acceptors (Lipinski definition) is 6. The monoisotopic (exact) mass is 253 g/mol. The molecule has 0 aromatic carbocycles. The minimum atomic E-state index is -0.507. The summed E-state index contributed by atoms with van der Waals surface area (Å²) in [5.41, 5.74) is 4.98. The van der Waals surface area contributed by atoms with Crippen LogP contribution in [-0.4, -0.2) is 28.9 Å². The highest BCUT2D eigenvalue weighted by Gasteiger charge is 2.13. The van der Waals surface area contributed by atoms with E-state index >= 15 is 0 Å². The highest BCUT2D eigenvalue weighted by Crippen LogP contribution is 2.20. The highest BCUT2D eigenvalue weighted by molar-refractivity contribution is 5.74. The summed E-state index contributed by atoms with van der Waals surface area (Å²) in [4.78, 5) is 25.1. The number of pyridine rings is 1. The van der Waals surface area contributed by atoms with E-state index in [1.165, 1.54) is 12.1 Å². The Balaban J connectivity index is 2.90. The van der Waals surface area contributed by atoms with Crippen LogP contribution < -0.4 is 16.4 Å². The Labute approximate surface area is 104 Å². The predicted molar refractivity (Wildman–Crippen MR) is 67.3 cm³/mol. The molecule has 98 valence electrons. The van der Waals surface area contributed by atoms with Gasteiger partial charge >= 0.3 is 0 Å². The lowest BCUT2D eigenvalue weighted by Gasteiger charge is -2.13. The fourth-order valence-electron chi connectivity index (χ4n) is 1.43. The number of carbonyl (C=O) groups is 1. The topological polar surface area (TPSA) is 123 Å². The Morgan fingerprint density at radius 2 is 2.17 bits per heavy atom. The van der Waals surface area contributed by atoms with Crippen LogP contribution in [0.2, 0.25) is 0 Å². The number of nitrogens with zero attached hydrogens (tertiary/aromatic N) is 2. The van der Waals surface area contributed by atoms with Crippen LogP contribution in [0.4, 0.5) is 17.3 Å². The minimum absolute atomic E-state index is 0.0804.